The monoisotopic (exact) mass is 640 g/mol. The Morgan fingerprint density at radius 3 is 2.31 bits per heavy atom. The van der Waals surface area contributed by atoms with Gasteiger partial charge in [-0.3, -0.25) is 0 Å². The van der Waals surface area contributed by atoms with Crippen LogP contribution in [0.25, 0.3) is 16.8 Å². The third-order valence-electron chi connectivity index (χ3n) is 9.66. The first-order chi connectivity index (χ1) is 20.8. The summed E-state index contributed by atoms with van der Waals surface area (Å²) in [5, 5.41) is 21.9. The first-order valence-corrected chi connectivity index (χ1v) is 18.0. The molecule has 0 radical (unpaired) electrons. The molecule has 2 aliphatic carbocycles. The van der Waals surface area contributed by atoms with Gasteiger partial charge in [0.2, 0.25) is 0 Å². The van der Waals surface area contributed by atoms with Gasteiger partial charge < -0.3 is 23.8 Å². The van der Waals surface area contributed by atoms with Gasteiger partial charge in [0.15, 0.2) is 14.1 Å². The number of halogens is 3. The van der Waals surface area contributed by atoms with E-state index in [4.69, 9.17) is 9.16 Å². The van der Waals surface area contributed by atoms with Crippen LogP contribution in [0.1, 0.15) is 82.6 Å². The van der Waals surface area contributed by atoms with Crippen LogP contribution in [0.2, 0.25) is 18.1 Å². The van der Waals surface area contributed by atoms with Crippen molar-refractivity contribution >= 4 is 14.0 Å². The van der Waals surface area contributed by atoms with Crippen LogP contribution in [0.3, 0.4) is 0 Å². The summed E-state index contributed by atoms with van der Waals surface area (Å²) in [6.07, 6.45) is 5.56. The molecule has 0 spiro atoms. The quantitative estimate of drug-likeness (QED) is 0.209. The van der Waals surface area contributed by atoms with Crippen molar-refractivity contribution in [3.05, 3.63) is 77.5 Å². The Hall–Kier alpha value is -3.32. The molecule has 1 saturated carbocycles. The van der Waals surface area contributed by atoms with Crippen LogP contribution in [0, 0.1) is 5.82 Å². The SMILES string of the molecule is CC1(O)CC(O[Si](C)(C)C(C)(C)C)(c2ncc(-c3cn4c5c(nc4cc3F)C(C)(O)CC5c3ccccc3OC(F)F)cn2)C1. The maximum atomic E-state index is 15.6. The summed E-state index contributed by atoms with van der Waals surface area (Å²) < 4.78 is 55.4. The van der Waals surface area contributed by atoms with Gasteiger partial charge in [-0.1, -0.05) is 39.0 Å². The molecule has 3 heterocycles. The van der Waals surface area contributed by atoms with Gasteiger partial charge in [0, 0.05) is 60.1 Å². The average Bonchev–Trinajstić information content (AvgIpc) is 3.40. The Bertz CT molecular complexity index is 1760. The molecule has 0 aliphatic heterocycles. The van der Waals surface area contributed by atoms with E-state index in [-0.39, 0.29) is 28.4 Å². The van der Waals surface area contributed by atoms with E-state index in [0.29, 0.717) is 41.2 Å². The van der Waals surface area contributed by atoms with Crippen molar-refractivity contribution in [2.24, 2.45) is 0 Å². The highest BCUT2D eigenvalue weighted by molar-refractivity contribution is 6.74. The number of rotatable bonds is 7. The minimum Gasteiger partial charge on any atom is -0.435 e. The Balaban J connectivity index is 1.41. The zero-order valence-corrected chi connectivity index (χ0v) is 27.5. The molecular formula is C33H39F3N4O4Si. The van der Waals surface area contributed by atoms with Crippen molar-refractivity contribution in [2.75, 3.05) is 0 Å². The molecule has 0 amide bonds. The van der Waals surface area contributed by atoms with Crippen LogP contribution in [0.15, 0.2) is 48.9 Å². The molecule has 45 heavy (non-hydrogen) atoms. The summed E-state index contributed by atoms with van der Waals surface area (Å²) in [6.45, 7) is 11.1. The van der Waals surface area contributed by atoms with Gasteiger partial charge >= 0.3 is 6.61 Å². The van der Waals surface area contributed by atoms with E-state index < -0.39 is 43.5 Å². The van der Waals surface area contributed by atoms with Gasteiger partial charge in [0.05, 0.1) is 17.0 Å². The zero-order valence-electron chi connectivity index (χ0n) is 26.5. The Morgan fingerprint density at radius 1 is 1.07 bits per heavy atom. The molecular weight excluding hydrogens is 601 g/mol. The summed E-state index contributed by atoms with van der Waals surface area (Å²) >= 11 is 0. The number of aliphatic hydroxyl groups is 2. The minimum atomic E-state index is -3.02. The number of pyridine rings is 1. The second-order valence-electron chi connectivity index (χ2n) is 14.6. The van der Waals surface area contributed by atoms with Gasteiger partial charge in [0.25, 0.3) is 0 Å². The number of hydrogen-bond donors (Lipinski definition) is 2. The zero-order chi connectivity index (χ0) is 32.7. The standard InChI is InChI=1S/C33H39F3N4O4Si/c1-30(2,3)45(6,7)44-33(17-31(4,41)18-33)28-37-14-19(15-38-28)22-16-40-25(12-23(22)34)39-27-26(40)21(13-32(27,5)42)20-10-8-9-11-24(20)43-29(35)36/h8-12,14-16,21,29,41-42H,13,17-18H2,1-7H3. The van der Waals surface area contributed by atoms with Crippen LogP contribution in [-0.4, -0.2) is 50.1 Å². The number of nitrogens with zero attached hydrogens (tertiary/aromatic N) is 4. The molecule has 2 unspecified atom stereocenters. The van der Waals surface area contributed by atoms with Crippen molar-refractivity contribution in [3.8, 4) is 16.9 Å². The van der Waals surface area contributed by atoms with Crippen LogP contribution < -0.4 is 4.74 Å². The molecule has 0 bridgehead atoms. The van der Waals surface area contributed by atoms with E-state index in [0.717, 1.165) is 0 Å². The molecule has 3 aromatic heterocycles. The van der Waals surface area contributed by atoms with Gasteiger partial charge in [0.1, 0.15) is 28.4 Å². The highest BCUT2D eigenvalue weighted by Crippen LogP contribution is 2.54. The van der Waals surface area contributed by atoms with Gasteiger partial charge in [-0.15, -0.1) is 0 Å². The normalized spacial score (nSPS) is 26.7. The lowest BCUT2D eigenvalue weighted by atomic mass is 9.68. The molecule has 8 nitrogen and oxygen atoms in total. The van der Waals surface area contributed by atoms with Crippen molar-refractivity contribution in [3.63, 3.8) is 0 Å². The van der Waals surface area contributed by atoms with Crippen molar-refractivity contribution < 1.29 is 32.5 Å². The molecule has 4 aromatic rings. The fourth-order valence-electron chi connectivity index (χ4n) is 6.64. The van der Waals surface area contributed by atoms with E-state index in [1.807, 2.05) is 0 Å². The molecule has 240 valence electrons. The van der Waals surface area contributed by atoms with E-state index in [1.165, 1.54) is 12.1 Å². The van der Waals surface area contributed by atoms with E-state index in [1.54, 1.807) is 55.0 Å². The second kappa shape index (κ2) is 10.3. The molecule has 1 fully saturated rings. The minimum absolute atomic E-state index is 0.00578. The molecule has 0 saturated heterocycles. The van der Waals surface area contributed by atoms with Crippen molar-refractivity contribution in [1.29, 1.82) is 0 Å². The van der Waals surface area contributed by atoms with E-state index >= 15 is 4.39 Å². The number of aromatic nitrogens is 4. The highest BCUT2D eigenvalue weighted by Gasteiger charge is 2.58. The fourth-order valence-corrected chi connectivity index (χ4v) is 8.16. The number of alkyl halides is 2. The summed E-state index contributed by atoms with van der Waals surface area (Å²) in [4.78, 5) is 13.8. The molecule has 1 aromatic carbocycles. The first-order valence-electron chi connectivity index (χ1n) is 15.1. The molecule has 2 aliphatic rings. The van der Waals surface area contributed by atoms with Crippen molar-refractivity contribution in [2.45, 2.75) is 101 Å². The van der Waals surface area contributed by atoms with Gasteiger partial charge in [-0.25, -0.2) is 19.3 Å². The predicted octanol–water partition coefficient (Wildman–Crippen LogP) is 7.04. The largest absolute Gasteiger partial charge is 0.435 e. The number of benzene rings is 1. The summed E-state index contributed by atoms with van der Waals surface area (Å²) in [5.41, 5.74) is -0.843. The topological polar surface area (TPSA) is 102 Å². The lowest BCUT2D eigenvalue weighted by Gasteiger charge is -2.55. The van der Waals surface area contributed by atoms with Crippen LogP contribution in [0.5, 0.6) is 5.75 Å². The highest BCUT2D eigenvalue weighted by atomic mass is 28.4. The van der Waals surface area contributed by atoms with Crippen molar-refractivity contribution in [1.82, 2.24) is 19.4 Å². The number of imidazole rings is 1. The maximum Gasteiger partial charge on any atom is 0.387 e. The number of fused-ring (bicyclic) bond motifs is 3. The van der Waals surface area contributed by atoms with Gasteiger partial charge in [-0.2, -0.15) is 8.78 Å². The van der Waals surface area contributed by atoms with E-state index in [9.17, 15) is 19.0 Å². The maximum absolute atomic E-state index is 15.6. The second-order valence-corrected chi connectivity index (χ2v) is 19.3. The van der Waals surface area contributed by atoms with E-state index in [2.05, 4.69) is 48.8 Å². The summed E-state index contributed by atoms with van der Waals surface area (Å²) in [7, 11) is -2.27. The molecule has 2 N–H and O–H groups in total. The van der Waals surface area contributed by atoms with Gasteiger partial charge in [-0.05, 0) is 44.5 Å². The first kappa shape index (κ1) is 31.7. The average molecular weight is 641 g/mol. The van der Waals surface area contributed by atoms with Crippen LogP contribution in [-0.2, 0) is 15.6 Å². The third-order valence-corrected chi connectivity index (χ3v) is 14.2. The number of hydrogen-bond acceptors (Lipinski definition) is 7. The smallest absolute Gasteiger partial charge is 0.387 e. The lowest BCUT2D eigenvalue weighted by Crippen LogP contribution is -2.60. The Kier molecular flexibility index (Phi) is 7.28. The molecule has 6 rings (SSSR count). The Morgan fingerprint density at radius 2 is 1.71 bits per heavy atom. The molecule has 12 heteroatoms. The van der Waals surface area contributed by atoms with Crippen LogP contribution in [0.4, 0.5) is 13.2 Å². The summed E-state index contributed by atoms with van der Waals surface area (Å²) in [6, 6.07) is 7.75. The predicted molar refractivity (Wildman–Crippen MR) is 165 cm³/mol. The summed E-state index contributed by atoms with van der Waals surface area (Å²) in [5.74, 6) is -0.653. The lowest BCUT2D eigenvalue weighted by molar-refractivity contribution is -0.171. The number of ether oxygens (including phenoxy) is 1. The Labute approximate surface area is 261 Å². The number of para-hydroxylation sites is 1. The van der Waals surface area contributed by atoms with Crippen LogP contribution >= 0.6 is 0 Å². The fraction of sp³-hybridized carbons (Fsp3) is 0.485. The molecule has 2 atom stereocenters. The third kappa shape index (κ3) is 5.45.